The minimum absolute atomic E-state index is 0.0195. The molecule has 4 rings (SSSR count). The molecule has 0 radical (unpaired) electrons. The predicted molar refractivity (Wildman–Crippen MR) is 100 cm³/mol. The van der Waals surface area contributed by atoms with Crippen molar-refractivity contribution in [2.24, 2.45) is 0 Å². The fourth-order valence-corrected chi connectivity index (χ4v) is 4.70. The highest BCUT2D eigenvalue weighted by molar-refractivity contribution is 7.13. The molecule has 0 unspecified atom stereocenters. The third kappa shape index (κ3) is 3.86. The zero-order chi connectivity index (χ0) is 17.9. The Hall–Kier alpha value is -1.67. The lowest BCUT2D eigenvalue weighted by Crippen LogP contribution is -2.54. The first-order chi connectivity index (χ1) is 12.7. The molecule has 2 saturated heterocycles. The standard InChI is InChI=1S/C18H26N4O3S/c23-12-14-13-26-17(19-14)21-6-4-16(5-7-21)25-18(24)22-10-8-20(9-11-22)15-2-1-3-15/h12-13,15-16H,1-11H2. The van der Waals surface area contributed by atoms with Crippen LogP contribution in [0.25, 0.3) is 0 Å². The molecule has 0 N–H and O–H groups in total. The number of carbonyl (C=O) groups is 2. The average molecular weight is 378 g/mol. The van der Waals surface area contributed by atoms with Crippen molar-refractivity contribution in [1.29, 1.82) is 0 Å². The van der Waals surface area contributed by atoms with E-state index in [1.54, 1.807) is 5.38 Å². The molecule has 2 aliphatic heterocycles. The lowest BCUT2D eigenvalue weighted by atomic mass is 9.91. The smallest absolute Gasteiger partial charge is 0.410 e. The third-order valence-corrected chi connectivity index (χ3v) is 6.69. The summed E-state index contributed by atoms with van der Waals surface area (Å²) in [5.74, 6) is 0. The predicted octanol–water partition coefficient (Wildman–Crippen LogP) is 2.23. The molecule has 3 fully saturated rings. The van der Waals surface area contributed by atoms with Gasteiger partial charge in [0.05, 0.1) is 0 Å². The molecule has 3 aliphatic rings. The lowest BCUT2D eigenvalue weighted by Gasteiger charge is -2.43. The molecule has 1 aliphatic carbocycles. The van der Waals surface area contributed by atoms with Crippen LogP contribution >= 0.6 is 11.3 Å². The zero-order valence-corrected chi connectivity index (χ0v) is 15.8. The van der Waals surface area contributed by atoms with E-state index in [-0.39, 0.29) is 12.2 Å². The van der Waals surface area contributed by atoms with Crippen LogP contribution in [0.2, 0.25) is 0 Å². The van der Waals surface area contributed by atoms with Gasteiger partial charge in [-0.3, -0.25) is 9.69 Å². The van der Waals surface area contributed by atoms with Gasteiger partial charge < -0.3 is 14.5 Å². The van der Waals surface area contributed by atoms with Crippen LogP contribution in [-0.4, -0.2) is 78.6 Å². The maximum absolute atomic E-state index is 12.4. The maximum Gasteiger partial charge on any atom is 0.410 e. The van der Waals surface area contributed by atoms with Crippen molar-refractivity contribution < 1.29 is 14.3 Å². The van der Waals surface area contributed by atoms with Crippen LogP contribution in [0.5, 0.6) is 0 Å². The highest BCUT2D eigenvalue weighted by Gasteiger charge is 2.31. The molecule has 0 bridgehead atoms. The Labute approximate surface area is 157 Å². The van der Waals surface area contributed by atoms with Crippen molar-refractivity contribution in [1.82, 2.24) is 14.8 Å². The van der Waals surface area contributed by atoms with Crippen molar-refractivity contribution in [3.05, 3.63) is 11.1 Å². The normalized spacial score (nSPS) is 22.9. The molecule has 26 heavy (non-hydrogen) atoms. The summed E-state index contributed by atoms with van der Waals surface area (Å²) in [6.45, 7) is 5.12. The molecule has 0 spiro atoms. The minimum atomic E-state index is -0.158. The van der Waals surface area contributed by atoms with E-state index in [0.717, 1.165) is 69.6 Å². The largest absolute Gasteiger partial charge is 0.446 e. The van der Waals surface area contributed by atoms with Crippen molar-refractivity contribution >= 4 is 28.8 Å². The first kappa shape index (κ1) is 17.7. The van der Waals surface area contributed by atoms with Gasteiger partial charge in [0.25, 0.3) is 0 Å². The Balaban J connectivity index is 1.20. The number of hydrogen-bond donors (Lipinski definition) is 0. The maximum atomic E-state index is 12.4. The van der Waals surface area contributed by atoms with E-state index in [1.165, 1.54) is 30.6 Å². The van der Waals surface area contributed by atoms with Crippen molar-refractivity contribution in [3.63, 3.8) is 0 Å². The van der Waals surface area contributed by atoms with Crippen LogP contribution in [0.3, 0.4) is 0 Å². The van der Waals surface area contributed by atoms with E-state index in [1.807, 2.05) is 4.90 Å². The van der Waals surface area contributed by atoms with Gasteiger partial charge in [-0.1, -0.05) is 6.42 Å². The van der Waals surface area contributed by atoms with E-state index < -0.39 is 0 Å². The fraction of sp³-hybridized carbons (Fsp3) is 0.722. The highest BCUT2D eigenvalue weighted by Crippen LogP contribution is 2.27. The van der Waals surface area contributed by atoms with E-state index in [9.17, 15) is 9.59 Å². The number of nitrogens with zero attached hydrogens (tertiary/aromatic N) is 4. The number of rotatable bonds is 4. The molecular formula is C18H26N4O3S. The van der Waals surface area contributed by atoms with Crippen molar-refractivity contribution in [3.8, 4) is 0 Å². The Morgan fingerprint density at radius 3 is 2.42 bits per heavy atom. The number of piperidine rings is 1. The Bertz CT molecular complexity index is 632. The number of thiazole rings is 1. The molecule has 1 aromatic heterocycles. The monoisotopic (exact) mass is 378 g/mol. The summed E-state index contributed by atoms with van der Waals surface area (Å²) in [4.78, 5) is 34.1. The summed E-state index contributed by atoms with van der Waals surface area (Å²) in [7, 11) is 0. The second kappa shape index (κ2) is 7.92. The summed E-state index contributed by atoms with van der Waals surface area (Å²) in [6.07, 6.45) is 6.20. The molecule has 1 aromatic rings. The molecule has 8 heteroatoms. The molecular weight excluding hydrogens is 352 g/mol. The van der Waals surface area contributed by atoms with Gasteiger partial charge in [-0.15, -0.1) is 11.3 Å². The number of ether oxygens (including phenoxy) is 1. The van der Waals surface area contributed by atoms with Crippen LogP contribution in [0, 0.1) is 0 Å². The third-order valence-electron chi connectivity index (χ3n) is 5.77. The quantitative estimate of drug-likeness (QED) is 0.749. The second-order valence-electron chi connectivity index (χ2n) is 7.35. The van der Waals surface area contributed by atoms with Gasteiger partial charge in [-0.05, 0) is 12.8 Å². The number of anilines is 1. The van der Waals surface area contributed by atoms with Crippen LogP contribution in [0.1, 0.15) is 42.6 Å². The first-order valence-electron chi connectivity index (χ1n) is 9.58. The number of carbonyl (C=O) groups excluding carboxylic acids is 2. The molecule has 1 amide bonds. The van der Waals surface area contributed by atoms with E-state index in [0.29, 0.717) is 5.69 Å². The van der Waals surface area contributed by atoms with Crippen molar-refractivity contribution in [2.75, 3.05) is 44.2 Å². The van der Waals surface area contributed by atoms with Gasteiger partial charge in [-0.2, -0.15) is 0 Å². The molecule has 0 aromatic carbocycles. The second-order valence-corrected chi connectivity index (χ2v) is 8.19. The van der Waals surface area contributed by atoms with Gasteiger partial charge in [0.1, 0.15) is 11.8 Å². The van der Waals surface area contributed by atoms with E-state index >= 15 is 0 Å². The van der Waals surface area contributed by atoms with Crippen molar-refractivity contribution in [2.45, 2.75) is 44.2 Å². The minimum Gasteiger partial charge on any atom is -0.446 e. The summed E-state index contributed by atoms with van der Waals surface area (Å²) < 4.78 is 5.75. The summed E-state index contributed by atoms with van der Waals surface area (Å²) in [6, 6.07) is 0.753. The lowest BCUT2D eigenvalue weighted by molar-refractivity contribution is 0.0230. The highest BCUT2D eigenvalue weighted by atomic mass is 32.1. The number of amides is 1. The topological polar surface area (TPSA) is 66.0 Å². The average Bonchev–Trinajstić information content (AvgIpc) is 3.11. The van der Waals surface area contributed by atoms with Crippen LogP contribution in [0.15, 0.2) is 5.38 Å². The Morgan fingerprint density at radius 1 is 1.12 bits per heavy atom. The number of aldehydes is 1. The molecule has 142 valence electrons. The molecule has 7 nitrogen and oxygen atoms in total. The zero-order valence-electron chi connectivity index (χ0n) is 15.0. The first-order valence-corrected chi connectivity index (χ1v) is 10.5. The fourth-order valence-electron chi connectivity index (χ4n) is 3.88. The van der Waals surface area contributed by atoms with Crippen LogP contribution in [-0.2, 0) is 4.74 Å². The Morgan fingerprint density at radius 2 is 1.85 bits per heavy atom. The van der Waals surface area contributed by atoms with Gasteiger partial charge in [0.2, 0.25) is 0 Å². The van der Waals surface area contributed by atoms with Gasteiger partial charge in [0.15, 0.2) is 11.4 Å². The van der Waals surface area contributed by atoms with Crippen LogP contribution < -0.4 is 4.90 Å². The van der Waals surface area contributed by atoms with Crippen LogP contribution in [0.4, 0.5) is 9.93 Å². The summed E-state index contributed by atoms with van der Waals surface area (Å²) >= 11 is 1.49. The number of hydrogen-bond acceptors (Lipinski definition) is 7. The van der Waals surface area contributed by atoms with Gasteiger partial charge >= 0.3 is 6.09 Å². The number of piperazine rings is 1. The number of aromatic nitrogens is 1. The SMILES string of the molecule is O=Cc1csc(N2CCC(OC(=O)N3CCN(C4CCC4)CC3)CC2)n1. The molecule has 0 atom stereocenters. The molecule has 1 saturated carbocycles. The van der Waals surface area contributed by atoms with Gasteiger partial charge in [-0.25, -0.2) is 9.78 Å². The van der Waals surface area contributed by atoms with E-state index in [4.69, 9.17) is 4.74 Å². The Kier molecular flexibility index (Phi) is 5.40. The molecule has 3 heterocycles. The van der Waals surface area contributed by atoms with E-state index in [2.05, 4.69) is 14.8 Å². The summed E-state index contributed by atoms with van der Waals surface area (Å²) in [5, 5.41) is 2.65. The summed E-state index contributed by atoms with van der Waals surface area (Å²) in [5.41, 5.74) is 0.486. The van der Waals surface area contributed by atoms with Gasteiger partial charge in [0, 0.05) is 63.5 Å².